The maximum absolute atomic E-state index is 6.63. The predicted octanol–water partition coefficient (Wildman–Crippen LogP) is 9.55. The van der Waals surface area contributed by atoms with Crippen molar-refractivity contribution in [2.45, 2.75) is 52.4 Å². The summed E-state index contributed by atoms with van der Waals surface area (Å²) < 4.78 is 9.23. The molecule has 2 aliphatic heterocycles. The number of anilines is 3. The van der Waals surface area contributed by atoms with Crippen LogP contribution in [0, 0.1) is 0 Å². The third kappa shape index (κ3) is 3.34. The molecule has 2 aromatic heterocycles. The number of benzene rings is 5. The number of rotatable bonds is 1. The summed E-state index contributed by atoms with van der Waals surface area (Å²) >= 11 is 0. The van der Waals surface area contributed by atoms with E-state index in [9.17, 15) is 0 Å². The van der Waals surface area contributed by atoms with Crippen LogP contribution in [0.15, 0.2) is 108 Å². The van der Waals surface area contributed by atoms with Gasteiger partial charge in [0.25, 0.3) is 0 Å². The molecular formula is C40H35BN2O. The normalized spacial score (nSPS) is 14.0. The molecule has 0 spiro atoms. The summed E-state index contributed by atoms with van der Waals surface area (Å²) in [5.74, 6) is 0. The van der Waals surface area contributed by atoms with E-state index in [1.54, 1.807) is 0 Å². The molecule has 0 unspecified atom stereocenters. The van der Waals surface area contributed by atoms with E-state index in [1.807, 2.05) is 0 Å². The summed E-state index contributed by atoms with van der Waals surface area (Å²) in [5.41, 5.74) is 16.1. The van der Waals surface area contributed by atoms with Crippen molar-refractivity contribution in [2.75, 3.05) is 4.90 Å². The average Bonchev–Trinajstić information content (AvgIpc) is 3.54. The number of para-hydroxylation sites is 2. The van der Waals surface area contributed by atoms with Gasteiger partial charge in [0.15, 0.2) is 5.58 Å². The molecule has 0 saturated heterocycles. The van der Waals surface area contributed by atoms with E-state index in [4.69, 9.17) is 4.42 Å². The molecule has 9 rings (SSSR count). The number of fused-ring (bicyclic) bond motifs is 9. The summed E-state index contributed by atoms with van der Waals surface area (Å²) in [6.07, 6.45) is 0. The molecule has 4 heteroatoms. The largest absolute Gasteiger partial charge is 0.454 e. The van der Waals surface area contributed by atoms with Gasteiger partial charge in [-0.25, -0.2) is 0 Å². The lowest BCUT2D eigenvalue weighted by molar-refractivity contribution is 0.590. The van der Waals surface area contributed by atoms with Crippen LogP contribution in [0.25, 0.3) is 44.1 Å². The summed E-state index contributed by atoms with van der Waals surface area (Å²) in [7, 11) is 0. The lowest BCUT2D eigenvalue weighted by Gasteiger charge is -2.41. The highest BCUT2D eigenvalue weighted by Crippen LogP contribution is 2.47. The first-order chi connectivity index (χ1) is 21.1. The minimum Gasteiger partial charge on any atom is -0.454 e. The molecule has 0 amide bonds. The van der Waals surface area contributed by atoms with E-state index in [1.165, 1.54) is 72.0 Å². The predicted molar refractivity (Wildman–Crippen MR) is 187 cm³/mol. The van der Waals surface area contributed by atoms with Crippen LogP contribution in [0.1, 0.15) is 52.7 Å². The molecule has 5 aromatic carbocycles. The molecule has 7 aromatic rings. The molecule has 2 aliphatic rings. The molecule has 0 saturated carbocycles. The second-order valence-electron chi connectivity index (χ2n) is 14.6. The smallest absolute Gasteiger partial charge is 0.333 e. The maximum Gasteiger partial charge on any atom is 0.333 e. The van der Waals surface area contributed by atoms with Crippen LogP contribution in [0.4, 0.5) is 17.1 Å². The molecular weight excluding hydrogens is 535 g/mol. The Balaban J connectivity index is 1.42. The Morgan fingerprint density at radius 2 is 1.27 bits per heavy atom. The minimum atomic E-state index is 0.0134. The SMILES string of the molecule is CC(C)(C)c1ccc(N2c3ccc(C(C)(C)C)cc3B3c4c(cccc42)-c2cccc4c5oc6ccccc6c5n3c24)cc1. The molecule has 0 aliphatic carbocycles. The van der Waals surface area contributed by atoms with E-state index in [0.29, 0.717) is 0 Å². The average molecular weight is 571 g/mol. The van der Waals surface area contributed by atoms with Crippen LogP contribution < -0.4 is 15.8 Å². The van der Waals surface area contributed by atoms with Crippen LogP contribution in [0.5, 0.6) is 0 Å². The Bertz CT molecular complexity index is 2310. The van der Waals surface area contributed by atoms with E-state index in [-0.39, 0.29) is 17.7 Å². The Kier molecular flexibility index (Phi) is 4.96. The fourth-order valence-corrected chi connectivity index (χ4v) is 7.68. The molecule has 0 atom stereocenters. The lowest BCUT2D eigenvalue weighted by Crippen LogP contribution is -2.56. The van der Waals surface area contributed by atoms with Gasteiger partial charge in [-0.1, -0.05) is 102 Å². The van der Waals surface area contributed by atoms with Crippen LogP contribution >= 0.6 is 0 Å². The summed E-state index contributed by atoms with van der Waals surface area (Å²) in [4.78, 5) is 2.49. The standard InChI is InChI=1S/C40H35BN2O/c1-39(2,3)24-17-20-26(21-18-24)42-32-22-19-25(40(4,5)6)23-31(32)41-35-27(12-10-15-33(35)42)28-13-9-14-30-36(28)43(41)37-29-11-7-8-16-34(29)44-38(30)37/h7-23H,1-6H3. The lowest BCUT2D eigenvalue weighted by atomic mass is 9.45. The van der Waals surface area contributed by atoms with Crippen molar-refractivity contribution < 1.29 is 4.42 Å². The number of hydrogen-bond donors (Lipinski definition) is 0. The van der Waals surface area contributed by atoms with Gasteiger partial charge in [-0.15, -0.1) is 0 Å². The van der Waals surface area contributed by atoms with Gasteiger partial charge in [0.1, 0.15) is 5.58 Å². The minimum absolute atomic E-state index is 0.0134. The van der Waals surface area contributed by atoms with Crippen molar-refractivity contribution in [1.82, 2.24) is 4.48 Å². The van der Waals surface area contributed by atoms with Gasteiger partial charge in [0.05, 0.1) is 5.52 Å². The molecule has 0 N–H and O–H groups in total. The van der Waals surface area contributed by atoms with Crippen molar-refractivity contribution in [3.05, 3.63) is 114 Å². The van der Waals surface area contributed by atoms with Crippen molar-refractivity contribution in [3.63, 3.8) is 0 Å². The van der Waals surface area contributed by atoms with Gasteiger partial charge in [-0.2, -0.15) is 0 Å². The third-order valence-corrected chi connectivity index (χ3v) is 9.90. The van der Waals surface area contributed by atoms with Gasteiger partial charge in [0.2, 0.25) is 0 Å². The van der Waals surface area contributed by atoms with E-state index in [2.05, 4.69) is 154 Å². The monoisotopic (exact) mass is 570 g/mol. The molecule has 4 heterocycles. The van der Waals surface area contributed by atoms with Gasteiger partial charge >= 0.3 is 6.85 Å². The van der Waals surface area contributed by atoms with E-state index >= 15 is 0 Å². The first-order valence-electron chi connectivity index (χ1n) is 15.7. The van der Waals surface area contributed by atoms with Crippen molar-refractivity contribution in [2.24, 2.45) is 0 Å². The van der Waals surface area contributed by atoms with Crippen LogP contribution in [-0.4, -0.2) is 11.3 Å². The quantitative estimate of drug-likeness (QED) is 0.183. The maximum atomic E-state index is 6.63. The van der Waals surface area contributed by atoms with Crippen molar-refractivity contribution in [1.29, 1.82) is 0 Å². The number of nitrogens with zero attached hydrogens (tertiary/aromatic N) is 2. The molecule has 3 nitrogen and oxygen atoms in total. The zero-order valence-electron chi connectivity index (χ0n) is 26.2. The summed E-state index contributed by atoms with van der Waals surface area (Å²) in [5, 5.41) is 2.35. The van der Waals surface area contributed by atoms with Crippen molar-refractivity contribution >= 4 is 67.8 Å². The Hall–Kier alpha value is -4.70. The zero-order valence-corrected chi connectivity index (χ0v) is 26.2. The zero-order chi connectivity index (χ0) is 30.1. The third-order valence-electron chi connectivity index (χ3n) is 9.90. The van der Waals surface area contributed by atoms with Gasteiger partial charge in [-0.3, -0.25) is 0 Å². The number of aromatic nitrogens is 1. The molecule has 44 heavy (non-hydrogen) atoms. The van der Waals surface area contributed by atoms with Crippen LogP contribution in [0.2, 0.25) is 0 Å². The Morgan fingerprint density at radius 3 is 2.05 bits per heavy atom. The first kappa shape index (κ1) is 25.8. The van der Waals surface area contributed by atoms with Gasteiger partial charge in [0, 0.05) is 38.9 Å². The Morgan fingerprint density at radius 1 is 0.591 bits per heavy atom. The van der Waals surface area contributed by atoms with E-state index < -0.39 is 0 Å². The van der Waals surface area contributed by atoms with E-state index in [0.717, 1.165) is 11.2 Å². The molecule has 0 radical (unpaired) electrons. The fraction of sp³-hybridized carbons (Fsp3) is 0.200. The van der Waals surface area contributed by atoms with Crippen LogP contribution in [0.3, 0.4) is 0 Å². The summed E-state index contributed by atoms with van der Waals surface area (Å²) in [6, 6.07) is 38.4. The topological polar surface area (TPSA) is 21.3 Å². The second-order valence-corrected chi connectivity index (χ2v) is 14.6. The number of furan rings is 1. The molecule has 0 bridgehead atoms. The molecule has 0 fully saturated rings. The number of hydrogen-bond acceptors (Lipinski definition) is 2. The van der Waals surface area contributed by atoms with Crippen LogP contribution in [-0.2, 0) is 10.8 Å². The fourth-order valence-electron chi connectivity index (χ4n) is 7.68. The summed E-state index contributed by atoms with van der Waals surface area (Å²) in [6.45, 7) is 13.8. The highest BCUT2D eigenvalue weighted by molar-refractivity contribution is 6.90. The second kappa shape index (κ2) is 8.48. The first-order valence-corrected chi connectivity index (χ1v) is 15.7. The highest BCUT2D eigenvalue weighted by atomic mass is 16.3. The molecule has 214 valence electrons. The Labute approximate surface area is 258 Å². The van der Waals surface area contributed by atoms with Gasteiger partial charge < -0.3 is 13.8 Å². The van der Waals surface area contributed by atoms with Crippen molar-refractivity contribution in [3.8, 4) is 11.1 Å². The highest BCUT2D eigenvalue weighted by Gasteiger charge is 2.43. The van der Waals surface area contributed by atoms with Gasteiger partial charge in [-0.05, 0) is 80.9 Å².